The molecule has 0 aliphatic carbocycles. The summed E-state index contributed by atoms with van der Waals surface area (Å²) in [6.07, 6.45) is 1.12. The quantitative estimate of drug-likeness (QED) is 0.766. The lowest BCUT2D eigenvalue weighted by Gasteiger charge is -2.36. The van der Waals surface area contributed by atoms with Crippen molar-refractivity contribution in [1.29, 1.82) is 0 Å². The molecule has 2 aliphatic heterocycles. The molecule has 5 nitrogen and oxygen atoms in total. The summed E-state index contributed by atoms with van der Waals surface area (Å²) < 4.78 is 5.54. The molecule has 2 rings (SSSR count). The van der Waals surface area contributed by atoms with Crippen LogP contribution in [0.5, 0.6) is 0 Å². The fourth-order valence-corrected chi connectivity index (χ4v) is 2.91. The highest BCUT2D eigenvalue weighted by Gasteiger charge is 2.34. The van der Waals surface area contributed by atoms with Crippen molar-refractivity contribution in [3.8, 4) is 0 Å². The number of amides is 1. The maximum Gasteiger partial charge on any atom is 0.239 e. The molecule has 0 radical (unpaired) electrons. The van der Waals surface area contributed by atoms with E-state index in [9.17, 15) is 4.79 Å². The number of nitrogens with zero attached hydrogens (tertiary/aromatic N) is 2. The van der Waals surface area contributed by atoms with Crippen LogP contribution in [-0.2, 0) is 9.53 Å². The van der Waals surface area contributed by atoms with Gasteiger partial charge in [0, 0.05) is 39.8 Å². The van der Waals surface area contributed by atoms with Gasteiger partial charge < -0.3 is 15.0 Å². The molecule has 2 saturated heterocycles. The van der Waals surface area contributed by atoms with Crippen LogP contribution in [0.1, 0.15) is 20.3 Å². The van der Waals surface area contributed by atoms with E-state index in [-0.39, 0.29) is 24.1 Å². The standard InChI is InChI=1S/C13H25N3O2/c1-10(16-7-5-14-6-8-16)13(17)15(3)12-4-9-18-11(12)2/h10-12,14H,4-9H2,1-3H3. The van der Waals surface area contributed by atoms with E-state index in [1.807, 2.05) is 18.9 Å². The summed E-state index contributed by atoms with van der Waals surface area (Å²) in [6.45, 7) is 8.70. The van der Waals surface area contributed by atoms with Crippen molar-refractivity contribution in [3.05, 3.63) is 0 Å². The minimum atomic E-state index is -0.0232. The highest BCUT2D eigenvalue weighted by molar-refractivity contribution is 5.81. The second kappa shape index (κ2) is 5.99. The van der Waals surface area contributed by atoms with Crippen molar-refractivity contribution in [2.24, 2.45) is 0 Å². The van der Waals surface area contributed by atoms with Crippen LogP contribution in [0.2, 0.25) is 0 Å². The van der Waals surface area contributed by atoms with Crippen LogP contribution in [0.4, 0.5) is 0 Å². The number of likely N-dealkylation sites (N-methyl/N-ethyl adjacent to an activating group) is 1. The fourth-order valence-electron chi connectivity index (χ4n) is 2.91. The minimum Gasteiger partial charge on any atom is -0.376 e. The molecule has 0 aromatic heterocycles. The van der Waals surface area contributed by atoms with Crippen LogP contribution >= 0.6 is 0 Å². The van der Waals surface area contributed by atoms with E-state index in [1.165, 1.54) is 0 Å². The summed E-state index contributed by atoms with van der Waals surface area (Å²) in [7, 11) is 1.91. The van der Waals surface area contributed by atoms with Crippen LogP contribution in [0.3, 0.4) is 0 Å². The molecule has 104 valence electrons. The van der Waals surface area contributed by atoms with Gasteiger partial charge >= 0.3 is 0 Å². The van der Waals surface area contributed by atoms with Crippen molar-refractivity contribution in [1.82, 2.24) is 15.1 Å². The van der Waals surface area contributed by atoms with E-state index in [1.54, 1.807) is 0 Å². The molecule has 0 spiro atoms. The van der Waals surface area contributed by atoms with Crippen molar-refractivity contribution >= 4 is 5.91 Å². The van der Waals surface area contributed by atoms with Crippen LogP contribution in [0.25, 0.3) is 0 Å². The molecular weight excluding hydrogens is 230 g/mol. The van der Waals surface area contributed by atoms with Crippen LogP contribution in [0, 0.1) is 0 Å². The molecule has 0 aromatic rings. The van der Waals surface area contributed by atoms with Crippen molar-refractivity contribution < 1.29 is 9.53 Å². The number of piperazine rings is 1. The topological polar surface area (TPSA) is 44.8 Å². The van der Waals surface area contributed by atoms with Gasteiger partial charge in [-0.15, -0.1) is 0 Å². The molecule has 3 unspecified atom stereocenters. The first-order chi connectivity index (χ1) is 8.61. The van der Waals surface area contributed by atoms with Crippen LogP contribution in [-0.4, -0.2) is 73.7 Å². The fraction of sp³-hybridized carbons (Fsp3) is 0.923. The summed E-state index contributed by atoms with van der Waals surface area (Å²) in [5.41, 5.74) is 0. The molecule has 18 heavy (non-hydrogen) atoms. The molecule has 0 aromatic carbocycles. The predicted octanol–water partition coefficient (Wildman–Crippen LogP) is -0.0841. The maximum absolute atomic E-state index is 12.5. The zero-order valence-corrected chi connectivity index (χ0v) is 11.7. The normalized spacial score (nSPS) is 31.3. The highest BCUT2D eigenvalue weighted by atomic mass is 16.5. The SMILES string of the molecule is CC1OCCC1N(C)C(=O)C(C)N1CCNCC1. The third-order valence-corrected chi connectivity index (χ3v) is 4.24. The lowest BCUT2D eigenvalue weighted by molar-refractivity contribution is -0.138. The summed E-state index contributed by atoms with van der Waals surface area (Å²) in [5, 5.41) is 3.31. The number of hydrogen-bond donors (Lipinski definition) is 1. The third-order valence-electron chi connectivity index (χ3n) is 4.24. The van der Waals surface area contributed by atoms with Gasteiger partial charge in [-0.25, -0.2) is 0 Å². The lowest BCUT2D eigenvalue weighted by Crippen LogP contribution is -2.55. The highest BCUT2D eigenvalue weighted by Crippen LogP contribution is 2.19. The zero-order chi connectivity index (χ0) is 13.1. The number of nitrogens with one attached hydrogen (secondary N) is 1. The molecular formula is C13H25N3O2. The molecule has 2 aliphatic rings. The number of rotatable bonds is 3. The number of carbonyl (C=O) groups excluding carboxylic acids is 1. The maximum atomic E-state index is 12.5. The Bertz CT molecular complexity index is 292. The Kier molecular flexibility index (Phi) is 4.59. The number of ether oxygens (including phenoxy) is 1. The van der Waals surface area contributed by atoms with Crippen molar-refractivity contribution in [2.45, 2.75) is 38.5 Å². The molecule has 0 saturated carbocycles. The second-order valence-corrected chi connectivity index (χ2v) is 5.34. The molecule has 1 N–H and O–H groups in total. The number of carbonyl (C=O) groups is 1. The molecule has 5 heteroatoms. The van der Waals surface area contributed by atoms with Gasteiger partial charge in [0.25, 0.3) is 0 Å². The lowest BCUT2D eigenvalue weighted by atomic mass is 10.1. The Hall–Kier alpha value is -0.650. The second-order valence-electron chi connectivity index (χ2n) is 5.34. The first-order valence-electron chi connectivity index (χ1n) is 6.94. The third kappa shape index (κ3) is 2.84. The summed E-state index contributed by atoms with van der Waals surface area (Å²) >= 11 is 0. The largest absolute Gasteiger partial charge is 0.376 e. The van der Waals surface area contributed by atoms with E-state index in [0.717, 1.165) is 39.2 Å². The van der Waals surface area contributed by atoms with Gasteiger partial charge in [0.05, 0.1) is 18.2 Å². The Morgan fingerprint density at radius 1 is 1.44 bits per heavy atom. The average Bonchev–Trinajstić information content (AvgIpc) is 2.83. The van der Waals surface area contributed by atoms with E-state index < -0.39 is 0 Å². The van der Waals surface area contributed by atoms with Gasteiger partial charge in [0.2, 0.25) is 5.91 Å². The summed E-state index contributed by atoms with van der Waals surface area (Å²) in [5.74, 6) is 0.222. The smallest absolute Gasteiger partial charge is 0.239 e. The van der Waals surface area contributed by atoms with Crippen LogP contribution in [0.15, 0.2) is 0 Å². The first-order valence-corrected chi connectivity index (χ1v) is 6.94. The Morgan fingerprint density at radius 3 is 2.67 bits per heavy atom. The van der Waals surface area contributed by atoms with Gasteiger partial charge in [0.1, 0.15) is 0 Å². The Labute approximate surface area is 109 Å². The van der Waals surface area contributed by atoms with Crippen LogP contribution < -0.4 is 5.32 Å². The molecule has 1 amide bonds. The minimum absolute atomic E-state index is 0.0232. The van der Waals surface area contributed by atoms with Gasteiger partial charge in [0.15, 0.2) is 0 Å². The van der Waals surface area contributed by atoms with Crippen molar-refractivity contribution in [3.63, 3.8) is 0 Å². The van der Waals surface area contributed by atoms with Gasteiger partial charge in [-0.1, -0.05) is 0 Å². The average molecular weight is 255 g/mol. The Balaban J connectivity index is 1.92. The van der Waals surface area contributed by atoms with Crippen molar-refractivity contribution in [2.75, 3.05) is 39.8 Å². The monoisotopic (exact) mass is 255 g/mol. The molecule has 2 fully saturated rings. The Morgan fingerprint density at radius 2 is 2.11 bits per heavy atom. The summed E-state index contributed by atoms with van der Waals surface area (Å²) in [6, 6.07) is 0.216. The molecule has 2 heterocycles. The predicted molar refractivity (Wildman–Crippen MR) is 70.5 cm³/mol. The zero-order valence-electron chi connectivity index (χ0n) is 11.7. The van der Waals surface area contributed by atoms with E-state index in [4.69, 9.17) is 4.74 Å². The van der Waals surface area contributed by atoms with Gasteiger partial charge in [-0.05, 0) is 20.3 Å². The number of hydrogen-bond acceptors (Lipinski definition) is 4. The first kappa shape index (κ1) is 13.8. The van der Waals surface area contributed by atoms with Gasteiger partial charge in [-0.2, -0.15) is 0 Å². The van der Waals surface area contributed by atoms with E-state index >= 15 is 0 Å². The van der Waals surface area contributed by atoms with E-state index in [0.29, 0.717) is 0 Å². The summed E-state index contributed by atoms with van der Waals surface area (Å²) in [4.78, 5) is 16.6. The molecule has 0 bridgehead atoms. The van der Waals surface area contributed by atoms with Gasteiger partial charge in [-0.3, -0.25) is 9.69 Å². The van der Waals surface area contributed by atoms with E-state index in [2.05, 4.69) is 17.1 Å². The molecule has 3 atom stereocenters.